The van der Waals surface area contributed by atoms with Crippen molar-refractivity contribution >= 4 is 29.3 Å². The van der Waals surface area contributed by atoms with Crippen molar-refractivity contribution in [2.75, 3.05) is 57.3 Å². The summed E-state index contributed by atoms with van der Waals surface area (Å²) in [7, 11) is 0. The Morgan fingerprint density at radius 2 is 1.50 bits per heavy atom. The van der Waals surface area contributed by atoms with Gasteiger partial charge in [0.2, 0.25) is 0 Å². The number of nitrogens with one attached hydrogen (secondary N) is 1. The highest BCUT2D eigenvalue weighted by Crippen LogP contribution is 2.55. The summed E-state index contributed by atoms with van der Waals surface area (Å²) in [5.41, 5.74) is 1.08. The molecule has 3 aliphatic heterocycles. The Morgan fingerprint density at radius 3 is 2.06 bits per heavy atom. The number of rotatable bonds is 7. The van der Waals surface area contributed by atoms with Crippen LogP contribution < -0.4 is 15.0 Å². The summed E-state index contributed by atoms with van der Waals surface area (Å²) in [6.45, 7) is 21.5. The van der Waals surface area contributed by atoms with Gasteiger partial charge < -0.3 is 24.6 Å². The molecule has 258 valence electrons. The van der Waals surface area contributed by atoms with Gasteiger partial charge in [-0.3, -0.25) is 14.6 Å². The van der Waals surface area contributed by atoms with Crippen LogP contribution >= 0.6 is 11.6 Å². The van der Waals surface area contributed by atoms with Crippen molar-refractivity contribution in [2.24, 2.45) is 10.8 Å². The molecule has 0 aromatic heterocycles. The lowest BCUT2D eigenvalue weighted by molar-refractivity contribution is -0.164. The van der Waals surface area contributed by atoms with Gasteiger partial charge in [-0.25, -0.2) is 4.79 Å². The number of hydrogen-bond donors (Lipinski definition) is 1. The third-order valence-electron chi connectivity index (χ3n) is 10.7. The van der Waals surface area contributed by atoms with E-state index in [2.05, 4.69) is 53.8 Å². The summed E-state index contributed by atoms with van der Waals surface area (Å²) in [5, 5.41) is 12.8. The predicted octanol–water partition coefficient (Wildman–Crippen LogP) is 5.25. The molecule has 0 unspecified atom stereocenters. The van der Waals surface area contributed by atoms with Crippen LogP contribution in [-0.2, 0) is 4.74 Å². The van der Waals surface area contributed by atoms with Crippen molar-refractivity contribution in [2.45, 2.75) is 78.3 Å². The second kappa shape index (κ2) is 12.7. The normalized spacial score (nSPS) is 24.5. The van der Waals surface area contributed by atoms with Crippen molar-refractivity contribution in [3.05, 3.63) is 58.6 Å². The molecule has 4 fully saturated rings. The Bertz CT molecular complexity index is 1550. The Kier molecular flexibility index (Phi) is 9.12. The van der Waals surface area contributed by atoms with Crippen LogP contribution in [-0.4, -0.2) is 109 Å². The van der Waals surface area contributed by atoms with Crippen LogP contribution in [0.3, 0.4) is 0 Å². The van der Waals surface area contributed by atoms with Crippen LogP contribution in [0.15, 0.2) is 42.5 Å². The summed E-state index contributed by atoms with van der Waals surface area (Å²) in [4.78, 5) is 35.0. The number of ether oxygens (including phenoxy) is 2. The molecule has 2 amide bonds. The average molecular weight is 677 g/mol. The third-order valence-corrected chi connectivity index (χ3v) is 11.0. The second-order valence-electron chi connectivity index (χ2n) is 16.0. The molecule has 10 nitrogen and oxygen atoms in total. The summed E-state index contributed by atoms with van der Waals surface area (Å²) in [5.74, 6) is 0.524. The number of halogens is 1. The Morgan fingerprint density at radius 1 is 0.896 bits per heavy atom. The molecule has 0 spiro atoms. The predicted molar refractivity (Wildman–Crippen MR) is 187 cm³/mol. The van der Waals surface area contributed by atoms with E-state index >= 15 is 0 Å². The molecule has 0 radical (unpaired) electrons. The minimum absolute atomic E-state index is 0.0902. The topological polar surface area (TPSA) is 101 Å². The largest absolute Gasteiger partial charge is 0.489 e. The van der Waals surface area contributed by atoms with Gasteiger partial charge in [0.1, 0.15) is 23.5 Å². The maximum Gasteiger partial charge on any atom is 0.410 e. The zero-order chi connectivity index (χ0) is 34.6. The highest BCUT2D eigenvalue weighted by atomic mass is 35.5. The fourth-order valence-corrected chi connectivity index (χ4v) is 8.36. The molecule has 0 bridgehead atoms. The van der Waals surface area contributed by atoms with Crippen molar-refractivity contribution in [1.29, 1.82) is 5.26 Å². The first-order chi connectivity index (χ1) is 22.6. The zero-order valence-corrected chi connectivity index (χ0v) is 30.0. The molecule has 1 aliphatic carbocycles. The van der Waals surface area contributed by atoms with Crippen molar-refractivity contribution in [3.63, 3.8) is 0 Å². The van der Waals surface area contributed by atoms with Crippen molar-refractivity contribution < 1.29 is 19.1 Å². The van der Waals surface area contributed by atoms with E-state index in [1.165, 1.54) is 0 Å². The summed E-state index contributed by atoms with van der Waals surface area (Å²) < 4.78 is 11.9. The van der Waals surface area contributed by atoms with Crippen LogP contribution in [0.4, 0.5) is 10.5 Å². The van der Waals surface area contributed by atoms with E-state index in [0.717, 1.165) is 58.0 Å². The lowest BCUT2D eigenvalue weighted by Gasteiger charge is -2.63. The van der Waals surface area contributed by atoms with Gasteiger partial charge in [-0.2, -0.15) is 5.26 Å². The van der Waals surface area contributed by atoms with Gasteiger partial charge in [-0.1, -0.05) is 39.3 Å². The van der Waals surface area contributed by atoms with Crippen molar-refractivity contribution in [1.82, 2.24) is 20.0 Å². The molecule has 1 N–H and O–H groups in total. The molecule has 1 saturated carbocycles. The molecule has 48 heavy (non-hydrogen) atoms. The Balaban J connectivity index is 0.939. The van der Waals surface area contributed by atoms with Crippen molar-refractivity contribution in [3.8, 4) is 11.8 Å². The van der Waals surface area contributed by atoms with Crippen LogP contribution in [0, 0.1) is 22.2 Å². The lowest BCUT2D eigenvalue weighted by Crippen LogP contribution is -2.74. The lowest BCUT2D eigenvalue weighted by atomic mass is 9.49. The third kappa shape index (κ3) is 6.70. The number of nitriles is 1. The number of nitrogens with zero attached hydrogens (tertiary/aromatic N) is 5. The number of anilines is 1. The number of benzene rings is 2. The van der Waals surface area contributed by atoms with Crippen LogP contribution in [0.25, 0.3) is 0 Å². The monoisotopic (exact) mass is 676 g/mol. The van der Waals surface area contributed by atoms with E-state index < -0.39 is 5.60 Å². The number of carbonyl (C=O) groups is 2. The molecular formula is C37H49ClN6O4. The minimum atomic E-state index is -0.465. The number of carbonyl (C=O) groups excluding carboxylic acids is 2. The summed E-state index contributed by atoms with van der Waals surface area (Å²) in [6.07, 6.45) is -0.365. The molecule has 2 aromatic carbocycles. The van der Waals surface area contributed by atoms with E-state index in [1.54, 1.807) is 18.2 Å². The van der Waals surface area contributed by atoms with Crippen LogP contribution in [0.5, 0.6) is 5.75 Å². The van der Waals surface area contributed by atoms with E-state index in [0.29, 0.717) is 34.0 Å². The maximum atomic E-state index is 13.4. The number of amides is 2. The molecule has 3 heterocycles. The van der Waals surface area contributed by atoms with Gasteiger partial charge in [0.15, 0.2) is 0 Å². The fourth-order valence-electron chi connectivity index (χ4n) is 8.14. The van der Waals surface area contributed by atoms with Gasteiger partial charge in [-0.05, 0) is 57.2 Å². The fraction of sp³-hybridized carbons (Fsp3) is 0.595. The first kappa shape index (κ1) is 34.3. The van der Waals surface area contributed by atoms with Crippen LogP contribution in [0.1, 0.15) is 64.4 Å². The zero-order valence-electron chi connectivity index (χ0n) is 29.3. The highest BCUT2D eigenvalue weighted by Gasteiger charge is 2.64. The highest BCUT2D eigenvalue weighted by molar-refractivity contribution is 6.31. The SMILES string of the molecule is CC(C)(C)OC(=O)N1CCN(C2CN(C3CN(c4ccc(C(=O)NC5C(C)(C)C(Oc6ccc(C#N)c(Cl)c6)C5(C)C)cc4)C3)C2)CC1. The van der Waals surface area contributed by atoms with Gasteiger partial charge in [0.25, 0.3) is 5.91 Å². The molecule has 4 aliphatic rings. The quantitative estimate of drug-likeness (QED) is 0.425. The summed E-state index contributed by atoms with van der Waals surface area (Å²) >= 11 is 6.23. The van der Waals surface area contributed by atoms with E-state index in [-0.39, 0.29) is 35.0 Å². The van der Waals surface area contributed by atoms with Gasteiger partial charge >= 0.3 is 6.09 Å². The first-order valence-electron chi connectivity index (χ1n) is 17.0. The van der Waals surface area contributed by atoms with Gasteiger partial charge in [0.05, 0.1) is 10.6 Å². The number of likely N-dealkylation sites (tertiary alicyclic amines) is 1. The van der Waals surface area contributed by atoms with E-state index in [9.17, 15) is 14.9 Å². The molecular weight excluding hydrogens is 628 g/mol. The average Bonchev–Trinajstić information content (AvgIpc) is 2.98. The summed E-state index contributed by atoms with van der Waals surface area (Å²) in [6, 6.07) is 16.1. The smallest absolute Gasteiger partial charge is 0.410 e. The molecule has 11 heteroatoms. The maximum absolute atomic E-state index is 13.4. The van der Waals surface area contributed by atoms with E-state index in [1.807, 2.05) is 49.9 Å². The van der Waals surface area contributed by atoms with Gasteiger partial charge in [0, 0.05) is 98.6 Å². The first-order valence-corrected chi connectivity index (χ1v) is 17.4. The second-order valence-corrected chi connectivity index (χ2v) is 16.4. The molecule has 0 atom stereocenters. The Hall–Kier alpha value is -3.52. The number of hydrogen-bond acceptors (Lipinski definition) is 8. The van der Waals surface area contributed by atoms with E-state index in [4.69, 9.17) is 21.1 Å². The Labute approximate surface area is 289 Å². The molecule has 6 rings (SSSR count). The van der Waals surface area contributed by atoms with Gasteiger partial charge in [-0.15, -0.1) is 0 Å². The standard InChI is InChI=1S/C37H49ClN6O4/c1-35(2,3)48-34(46)42-16-14-41(15-17-42)27-20-44(21-27)28-22-43(23-28)26-11-8-24(9-12-26)31(45)40-32-36(4,5)33(37(32,6)7)47-29-13-10-25(19-39)30(38)18-29/h8-13,18,27-28,32-33H,14-17,20-23H2,1-7H3,(H,40,45). The molecule has 3 saturated heterocycles. The molecule has 2 aromatic rings. The van der Waals surface area contributed by atoms with Crippen LogP contribution in [0.2, 0.25) is 5.02 Å². The number of piperazine rings is 1. The minimum Gasteiger partial charge on any atom is -0.489 e.